The molecule has 2 fully saturated rings. The standard InChI is InChI=1S/C24H41N5O2/c1-4-25-24(26-11-5-6-12-27-13-7-8-14-27)29-17-15-28(16-18-29)20-21-19-22(30-2)9-10-23(21)31-3/h9-10,19H,4-8,11-18,20H2,1-3H3,(H,25,26). The van der Waals surface area contributed by atoms with Gasteiger partial charge < -0.3 is 24.6 Å². The molecule has 1 aromatic carbocycles. The Bertz CT molecular complexity index is 683. The van der Waals surface area contributed by atoms with Gasteiger partial charge in [-0.2, -0.15) is 0 Å². The van der Waals surface area contributed by atoms with E-state index in [2.05, 4.69) is 33.0 Å². The molecule has 0 amide bonds. The normalized spacial score (nSPS) is 18.4. The first-order valence-electron chi connectivity index (χ1n) is 11.9. The van der Waals surface area contributed by atoms with Crippen LogP contribution in [0.2, 0.25) is 0 Å². The van der Waals surface area contributed by atoms with Crippen LogP contribution in [0.5, 0.6) is 11.5 Å². The predicted octanol–water partition coefficient (Wildman–Crippen LogP) is 2.66. The number of guanidine groups is 1. The number of benzene rings is 1. The molecule has 3 rings (SSSR count). The van der Waals surface area contributed by atoms with E-state index in [1.807, 2.05) is 12.1 Å². The van der Waals surface area contributed by atoms with E-state index in [4.69, 9.17) is 14.5 Å². The van der Waals surface area contributed by atoms with Crippen LogP contribution in [0.4, 0.5) is 0 Å². The molecule has 1 aromatic rings. The van der Waals surface area contributed by atoms with Gasteiger partial charge in [-0.1, -0.05) is 0 Å². The maximum absolute atomic E-state index is 5.55. The second-order valence-corrected chi connectivity index (χ2v) is 8.43. The van der Waals surface area contributed by atoms with E-state index >= 15 is 0 Å². The highest BCUT2D eigenvalue weighted by Gasteiger charge is 2.21. The van der Waals surface area contributed by atoms with E-state index in [9.17, 15) is 0 Å². The quantitative estimate of drug-likeness (QED) is 0.349. The molecule has 2 saturated heterocycles. The molecule has 174 valence electrons. The molecule has 2 aliphatic rings. The lowest BCUT2D eigenvalue weighted by Gasteiger charge is -2.36. The molecule has 0 spiro atoms. The number of likely N-dealkylation sites (tertiary alicyclic amines) is 1. The summed E-state index contributed by atoms with van der Waals surface area (Å²) in [5.41, 5.74) is 1.17. The molecule has 0 bridgehead atoms. The highest BCUT2D eigenvalue weighted by Crippen LogP contribution is 2.25. The molecule has 0 saturated carbocycles. The number of nitrogens with one attached hydrogen (secondary N) is 1. The molecule has 7 nitrogen and oxygen atoms in total. The third-order valence-electron chi connectivity index (χ3n) is 6.23. The molecule has 31 heavy (non-hydrogen) atoms. The van der Waals surface area contributed by atoms with Crippen molar-refractivity contribution in [1.82, 2.24) is 20.0 Å². The number of hydrogen-bond acceptors (Lipinski definition) is 5. The summed E-state index contributed by atoms with van der Waals surface area (Å²) in [5.74, 6) is 2.87. The predicted molar refractivity (Wildman–Crippen MR) is 127 cm³/mol. The van der Waals surface area contributed by atoms with Crippen molar-refractivity contribution in [2.24, 2.45) is 4.99 Å². The van der Waals surface area contributed by atoms with Crippen molar-refractivity contribution in [3.63, 3.8) is 0 Å². The number of ether oxygens (including phenoxy) is 2. The maximum atomic E-state index is 5.55. The van der Waals surface area contributed by atoms with Crippen LogP contribution in [-0.2, 0) is 6.54 Å². The van der Waals surface area contributed by atoms with Gasteiger partial charge in [0.25, 0.3) is 0 Å². The minimum Gasteiger partial charge on any atom is -0.497 e. The Morgan fingerprint density at radius 1 is 0.968 bits per heavy atom. The van der Waals surface area contributed by atoms with Gasteiger partial charge in [0.05, 0.1) is 14.2 Å². The zero-order chi connectivity index (χ0) is 21.9. The maximum Gasteiger partial charge on any atom is 0.194 e. The summed E-state index contributed by atoms with van der Waals surface area (Å²) in [7, 11) is 3.44. The van der Waals surface area contributed by atoms with Gasteiger partial charge in [-0.25, -0.2) is 0 Å². The van der Waals surface area contributed by atoms with E-state index in [1.54, 1.807) is 14.2 Å². The summed E-state index contributed by atoms with van der Waals surface area (Å²) in [5, 5.41) is 3.49. The molecule has 2 aliphatic heterocycles. The first-order chi connectivity index (χ1) is 15.2. The van der Waals surface area contributed by atoms with Gasteiger partial charge in [-0.05, 0) is 70.4 Å². The SMILES string of the molecule is CCNC(=NCCCCN1CCCC1)N1CCN(Cc2cc(OC)ccc2OC)CC1. The summed E-state index contributed by atoms with van der Waals surface area (Å²) in [6.07, 6.45) is 5.17. The molecule has 0 atom stereocenters. The molecular weight excluding hydrogens is 390 g/mol. The van der Waals surface area contributed by atoms with Gasteiger partial charge in [0.1, 0.15) is 11.5 Å². The Labute approximate surface area is 188 Å². The average Bonchev–Trinajstić information content (AvgIpc) is 3.32. The zero-order valence-corrected chi connectivity index (χ0v) is 19.7. The first-order valence-corrected chi connectivity index (χ1v) is 11.9. The van der Waals surface area contributed by atoms with E-state index in [0.29, 0.717) is 0 Å². The van der Waals surface area contributed by atoms with Crippen molar-refractivity contribution in [2.45, 2.75) is 39.2 Å². The fraction of sp³-hybridized carbons (Fsp3) is 0.708. The lowest BCUT2D eigenvalue weighted by Crippen LogP contribution is -2.52. The number of methoxy groups -OCH3 is 2. The molecule has 0 aromatic heterocycles. The van der Waals surface area contributed by atoms with E-state index in [-0.39, 0.29) is 0 Å². The van der Waals surface area contributed by atoms with Crippen LogP contribution in [0.3, 0.4) is 0 Å². The largest absolute Gasteiger partial charge is 0.497 e. The number of piperazine rings is 1. The summed E-state index contributed by atoms with van der Waals surface area (Å²) in [6, 6.07) is 6.02. The van der Waals surface area contributed by atoms with Gasteiger partial charge in [0.15, 0.2) is 5.96 Å². The highest BCUT2D eigenvalue weighted by molar-refractivity contribution is 5.80. The van der Waals surface area contributed by atoms with E-state index < -0.39 is 0 Å². The second-order valence-electron chi connectivity index (χ2n) is 8.43. The zero-order valence-electron chi connectivity index (χ0n) is 19.7. The minimum atomic E-state index is 0.873. The summed E-state index contributed by atoms with van der Waals surface area (Å²) in [4.78, 5) is 12.4. The van der Waals surface area contributed by atoms with Gasteiger partial charge in [0.2, 0.25) is 0 Å². The Morgan fingerprint density at radius 3 is 2.42 bits per heavy atom. The highest BCUT2D eigenvalue weighted by atomic mass is 16.5. The molecule has 0 radical (unpaired) electrons. The number of hydrogen-bond donors (Lipinski definition) is 1. The third kappa shape index (κ3) is 7.28. The molecule has 0 aliphatic carbocycles. The van der Waals surface area contributed by atoms with E-state index in [1.165, 1.54) is 50.9 Å². The Balaban J connectivity index is 1.45. The molecule has 0 unspecified atom stereocenters. The fourth-order valence-electron chi connectivity index (χ4n) is 4.43. The number of unbranched alkanes of at least 4 members (excludes halogenated alkanes) is 1. The van der Waals surface area contributed by atoms with Crippen LogP contribution >= 0.6 is 0 Å². The fourth-order valence-corrected chi connectivity index (χ4v) is 4.43. The third-order valence-corrected chi connectivity index (χ3v) is 6.23. The van der Waals surface area contributed by atoms with Crippen molar-refractivity contribution in [3.8, 4) is 11.5 Å². The summed E-state index contributed by atoms with van der Waals surface area (Å²) >= 11 is 0. The van der Waals surface area contributed by atoms with Crippen molar-refractivity contribution in [1.29, 1.82) is 0 Å². The molecule has 2 heterocycles. The average molecular weight is 432 g/mol. The summed E-state index contributed by atoms with van der Waals surface area (Å²) < 4.78 is 10.9. The number of nitrogens with zero attached hydrogens (tertiary/aromatic N) is 4. The van der Waals surface area contributed by atoms with E-state index in [0.717, 1.165) is 63.3 Å². The van der Waals surface area contributed by atoms with Crippen molar-refractivity contribution in [3.05, 3.63) is 23.8 Å². The van der Waals surface area contributed by atoms with Crippen LogP contribution in [0, 0.1) is 0 Å². The monoisotopic (exact) mass is 431 g/mol. The molecule has 7 heteroatoms. The van der Waals surface area contributed by atoms with Crippen LogP contribution in [-0.4, -0.2) is 93.8 Å². The number of rotatable bonds is 10. The smallest absolute Gasteiger partial charge is 0.194 e. The van der Waals surface area contributed by atoms with Crippen molar-refractivity contribution in [2.75, 3.05) is 73.1 Å². The van der Waals surface area contributed by atoms with Gasteiger partial charge in [-0.3, -0.25) is 9.89 Å². The van der Waals surface area contributed by atoms with Crippen LogP contribution in [0.1, 0.15) is 38.2 Å². The molecular formula is C24H41N5O2. The van der Waals surface area contributed by atoms with Crippen LogP contribution in [0.25, 0.3) is 0 Å². The van der Waals surface area contributed by atoms with Gasteiger partial charge in [-0.15, -0.1) is 0 Å². The summed E-state index contributed by atoms with van der Waals surface area (Å²) in [6.45, 7) is 12.7. The Morgan fingerprint density at radius 2 is 1.74 bits per heavy atom. The van der Waals surface area contributed by atoms with Crippen LogP contribution < -0.4 is 14.8 Å². The second kappa shape index (κ2) is 12.8. The Kier molecular flexibility index (Phi) is 9.75. The van der Waals surface area contributed by atoms with Gasteiger partial charge in [0, 0.05) is 51.4 Å². The Hall–Kier alpha value is -1.99. The van der Waals surface area contributed by atoms with Crippen LogP contribution in [0.15, 0.2) is 23.2 Å². The topological polar surface area (TPSA) is 52.6 Å². The van der Waals surface area contributed by atoms with Crippen molar-refractivity contribution < 1.29 is 9.47 Å². The van der Waals surface area contributed by atoms with Crippen molar-refractivity contribution >= 4 is 5.96 Å². The number of aliphatic imine (C=N–C) groups is 1. The minimum absolute atomic E-state index is 0.873. The lowest BCUT2D eigenvalue weighted by atomic mass is 10.1. The van der Waals surface area contributed by atoms with Gasteiger partial charge >= 0.3 is 0 Å². The molecule has 1 N–H and O–H groups in total. The lowest BCUT2D eigenvalue weighted by molar-refractivity contribution is 0.171. The first kappa shape index (κ1) is 23.7.